The molecule has 2 rings (SSSR count). The highest BCUT2D eigenvalue weighted by molar-refractivity contribution is 7.09. The van der Waals surface area contributed by atoms with Crippen LogP contribution in [0.3, 0.4) is 0 Å². The van der Waals surface area contributed by atoms with Crippen LogP contribution in [-0.4, -0.2) is 17.5 Å². The minimum absolute atomic E-state index is 0.103. The van der Waals surface area contributed by atoms with Gasteiger partial charge in [0.05, 0.1) is 10.7 Å². The molecule has 0 amide bonds. The second-order valence-corrected chi connectivity index (χ2v) is 6.83. The fraction of sp³-hybridized carbons (Fsp3) is 0.375. The molecule has 0 saturated heterocycles. The summed E-state index contributed by atoms with van der Waals surface area (Å²) < 4.78 is 0. The molecule has 0 bridgehead atoms. The summed E-state index contributed by atoms with van der Waals surface area (Å²) in [7, 11) is 0. The number of para-hydroxylation sites is 1. The highest BCUT2D eigenvalue weighted by atomic mass is 32.1. The van der Waals surface area contributed by atoms with Crippen LogP contribution in [0.5, 0.6) is 0 Å². The summed E-state index contributed by atoms with van der Waals surface area (Å²) in [5.74, 6) is 0.439. The molecule has 2 aromatic rings. The van der Waals surface area contributed by atoms with Crippen molar-refractivity contribution in [3.63, 3.8) is 0 Å². The molecule has 21 heavy (non-hydrogen) atoms. The van der Waals surface area contributed by atoms with E-state index in [1.165, 1.54) is 0 Å². The number of nitrogens with two attached hydrogens (primary N) is 1. The van der Waals surface area contributed by atoms with Crippen molar-refractivity contribution in [3.8, 4) is 0 Å². The number of hydrogen-bond acceptors (Lipinski definition) is 3. The zero-order chi connectivity index (χ0) is 15.3. The molecule has 1 heterocycles. The molecule has 0 aliphatic rings. The second kappa shape index (κ2) is 6.72. The van der Waals surface area contributed by atoms with E-state index < -0.39 is 0 Å². The maximum Gasteiger partial charge on any atom is 0.193 e. The number of thiazole rings is 1. The molecular weight excluding hydrogens is 280 g/mol. The Labute approximate surface area is 130 Å². The third-order valence-electron chi connectivity index (χ3n) is 2.97. The minimum Gasteiger partial charge on any atom is -0.370 e. The summed E-state index contributed by atoms with van der Waals surface area (Å²) in [6.07, 6.45) is 0.817. The number of benzene rings is 1. The number of aliphatic imine (C=N–C) groups is 1. The van der Waals surface area contributed by atoms with Gasteiger partial charge in [0.1, 0.15) is 0 Å². The predicted octanol–water partition coefficient (Wildman–Crippen LogP) is 3.41. The first kappa shape index (κ1) is 15.5. The normalized spacial score (nSPS) is 12.4. The number of nitrogens with zero attached hydrogens (tertiary/aromatic N) is 2. The van der Waals surface area contributed by atoms with E-state index in [0.717, 1.165) is 22.8 Å². The zero-order valence-corrected chi connectivity index (χ0v) is 13.6. The average molecular weight is 302 g/mol. The van der Waals surface area contributed by atoms with Crippen LogP contribution < -0.4 is 11.1 Å². The van der Waals surface area contributed by atoms with Crippen molar-refractivity contribution in [1.29, 1.82) is 0 Å². The highest BCUT2D eigenvalue weighted by Gasteiger charge is 2.17. The van der Waals surface area contributed by atoms with E-state index in [0.29, 0.717) is 12.5 Å². The molecule has 0 unspecified atom stereocenters. The quantitative estimate of drug-likeness (QED) is 0.672. The molecule has 3 N–H and O–H groups in total. The topological polar surface area (TPSA) is 63.3 Å². The third kappa shape index (κ3) is 4.86. The lowest BCUT2D eigenvalue weighted by Crippen LogP contribution is -2.23. The van der Waals surface area contributed by atoms with Crippen LogP contribution in [0.1, 0.15) is 31.5 Å². The Hall–Kier alpha value is -1.88. The Bertz CT molecular complexity index is 596. The van der Waals surface area contributed by atoms with Crippen molar-refractivity contribution in [1.82, 2.24) is 4.98 Å². The molecule has 4 nitrogen and oxygen atoms in total. The van der Waals surface area contributed by atoms with Gasteiger partial charge in [-0.05, 0) is 12.1 Å². The third-order valence-corrected chi connectivity index (χ3v) is 3.88. The SMILES string of the molecule is CC(C)(C)c1csc(CCN=C(N)Nc2ccccc2)n1. The standard InChI is InChI=1S/C16H22N4S/c1-16(2,3)13-11-21-14(20-13)9-10-18-15(17)19-12-7-5-4-6-8-12/h4-8,11H,9-10H2,1-3H3,(H3,17,18,19). The van der Waals surface area contributed by atoms with Crippen molar-refractivity contribution < 1.29 is 0 Å². The van der Waals surface area contributed by atoms with Crippen LogP contribution in [0, 0.1) is 0 Å². The minimum atomic E-state index is 0.103. The maximum absolute atomic E-state index is 5.87. The van der Waals surface area contributed by atoms with Gasteiger partial charge in [0.15, 0.2) is 5.96 Å². The summed E-state index contributed by atoms with van der Waals surface area (Å²) in [6.45, 7) is 7.16. The number of nitrogens with one attached hydrogen (secondary N) is 1. The van der Waals surface area contributed by atoms with Gasteiger partial charge in [-0.2, -0.15) is 0 Å². The maximum atomic E-state index is 5.87. The van der Waals surface area contributed by atoms with Crippen molar-refractivity contribution in [2.24, 2.45) is 10.7 Å². The molecular formula is C16H22N4S. The molecule has 0 fully saturated rings. The van der Waals surface area contributed by atoms with Gasteiger partial charge in [0.2, 0.25) is 0 Å². The first-order chi connectivity index (χ1) is 9.95. The van der Waals surface area contributed by atoms with E-state index in [-0.39, 0.29) is 5.41 Å². The zero-order valence-electron chi connectivity index (χ0n) is 12.8. The van der Waals surface area contributed by atoms with Crippen LogP contribution in [0.2, 0.25) is 0 Å². The van der Waals surface area contributed by atoms with Crippen molar-refractivity contribution in [2.75, 3.05) is 11.9 Å². The molecule has 0 atom stereocenters. The number of anilines is 1. The molecule has 0 spiro atoms. The Morgan fingerprint density at radius 1 is 1.29 bits per heavy atom. The lowest BCUT2D eigenvalue weighted by atomic mass is 9.93. The van der Waals surface area contributed by atoms with Gasteiger partial charge in [0, 0.05) is 29.4 Å². The first-order valence-electron chi connectivity index (χ1n) is 7.02. The number of rotatable bonds is 4. The van der Waals surface area contributed by atoms with E-state index in [4.69, 9.17) is 5.73 Å². The Morgan fingerprint density at radius 2 is 2.00 bits per heavy atom. The monoisotopic (exact) mass is 302 g/mol. The predicted molar refractivity (Wildman–Crippen MR) is 91.1 cm³/mol. The van der Waals surface area contributed by atoms with Crippen LogP contribution in [0.25, 0.3) is 0 Å². The van der Waals surface area contributed by atoms with Crippen LogP contribution in [0.4, 0.5) is 5.69 Å². The fourth-order valence-corrected chi connectivity index (χ4v) is 2.77. The van der Waals surface area contributed by atoms with Gasteiger partial charge in [-0.1, -0.05) is 39.0 Å². The smallest absolute Gasteiger partial charge is 0.193 e. The van der Waals surface area contributed by atoms with Gasteiger partial charge in [-0.3, -0.25) is 4.99 Å². The number of guanidine groups is 1. The fourth-order valence-electron chi connectivity index (χ4n) is 1.75. The van der Waals surface area contributed by atoms with Crippen LogP contribution >= 0.6 is 11.3 Å². The molecule has 5 heteroatoms. The Kier molecular flexibility index (Phi) is 4.96. The van der Waals surface area contributed by atoms with Gasteiger partial charge < -0.3 is 11.1 Å². The highest BCUT2D eigenvalue weighted by Crippen LogP contribution is 2.23. The lowest BCUT2D eigenvalue weighted by Gasteiger charge is -2.14. The van der Waals surface area contributed by atoms with Crippen LogP contribution in [-0.2, 0) is 11.8 Å². The summed E-state index contributed by atoms with van der Waals surface area (Å²) in [6, 6.07) is 9.80. The van der Waals surface area contributed by atoms with Gasteiger partial charge in [-0.15, -0.1) is 11.3 Å². The first-order valence-corrected chi connectivity index (χ1v) is 7.90. The summed E-state index contributed by atoms with van der Waals surface area (Å²) in [5.41, 5.74) is 8.06. The van der Waals surface area contributed by atoms with E-state index in [9.17, 15) is 0 Å². The molecule has 0 aliphatic carbocycles. The van der Waals surface area contributed by atoms with Crippen molar-refractivity contribution >= 4 is 23.0 Å². The molecule has 0 aliphatic heterocycles. The van der Waals surface area contributed by atoms with Crippen molar-refractivity contribution in [3.05, 3.63) is 46.4 Å². The second-order valence-electron chi connectivity index (χ2n) is 5.88. The van der Waals surface area contributed by atoms with Gasteiger partial charge >= 0.3 is 0 Å². The molecule has 112 valence electrons. The largest absolute Gasteiger partial charge is 0.370 e. The number of aromatic nitrogens is 1. The van der Waals surface area contributed by atoms with Gasteiger partial charge in [-0.25, -0.2) is 4.98 Å². The molecule has 1 aromatic carbocycles. The Morgan fingerprint density at radius 3 is 2.62 bits per heavy atom. The molecule has 0 radical (unpaired) electrons. The van der Waals surface area contributed by atoms with Crippen molar-refractivity contribution in [2.45, 2.75) is 32.6 Å². The molecule has 0 saturated carbocycles. The molecule has 1 aromatic heterocycles. The average Bonchev–Trinajstić information content (AvgIpc) is 2.88. The summed E-state index contributed by atoms with van der Waals surface area (Å²) in [5, 5.41) is 6.31. The van der Waals surface area contributed by atoms with E-state index in [1.807, 2.05) is 30.3 Å². The van der Waals surface area contributed by atoms with E-state index >= 15 is 0 Å². The number of hydrogen-bond donors (Lipinski definition) is 2. The van der Waals surface area contributed by atoms with Gasteiger partial charge in [0.25, 0.3) is 0 Å². The van der Waals surface area contributed by atoms with Crippen LogP contribution in [0.15, 0.2) is 40.7 Å². The van der Waals surface area contributed by atoms with E-state index in [2.05, 4.69) is 41.4 Å². The summed E-state index contributed by atoms with van der Waals surface area (Å²) >= 11 is 1.69. The summed E-state index contributed by atoms with van der Waals surface area (Å²) in [4.78, 5) is 8.99. The van der Waals surface area contributed by atoms with E-state index in [1.54, 1.807) is 11.3 Å². The lowest BCUT2D eigenvalue weighted by molar-refractivity contribution is 0.571. The Balaban J connectivity index is 1.86.